The Bertz CT molecular complexity index is 1040. The van der Waals surface area contributed by atoms with E-state index in [4.69, 9.17) is 29.0 Å². The molecule has 144 valence electrons. The molecule has 1 saturated heterocycles. The molecule has 0 aromatic heterocycles. The van der Waals surface area contributed by atoms with Gasteiger partial charge in [0.05, 0.1) is 5.69 Å². The Kier molecular flexibility index (Phi) is 5.40. The first-order valence-corrected chi connectivity index (χ1v) is 8.99. The van der Waals surface area contributed by atoms with Crippen molar-refractivity contribution in [1.82, 2.24) is 0 Å². The first-order chi connectivity index (χ1) is 13.2. The molecule has 0 bridgehead atoms. The summed E-state index contributed by atoms with van der Waals surface area (Å²) in [4.78, 5) is 39.4. The second kappa shape index (κ2) is 7.61. The van der Waals surface area contributed by atoms with Gasteiger partial charge < -0.3 is 11.2 Å². The standard InChI is InChI=1S/C19H16Cl2N4O3/c1-9-7-11(20)3-5-13(9)23-17(26)15-16(24-22)19(28)25(18(15)27)14-6-4-12(21)8-10(14)2/h3-8,15H,22H2,1-2H3,(H,23,26)/b24-16-. The van der Waals surface area contributed by atoms with Crippen LogP contribution in [0.4, 0.5) is 11.4 Å². The van der Waals surface area contributed by atoms with E-state index < -0.39 is 23.6 Å². The van der Waals surface area contributed by atoms with E-state index in [1.54, 1.807) is 44.2 Å². The third kappa shape index (κ3) is 3.46. The molecule has 0 aliphatic carbocycles. The van der Waals surface area contributed by atoms with Gasteiger partial charge in [0.1, 0.15) is 5.71 Å². The van der Waals surface area contributed by atoms with Crippen LogP contribution < -0.4 is 16.1 Å². The van der Waals surface area contributed by atoms with Crippen molar-refractivity contribution < 1.29 is 14.4 Å². The first-order valence-electron chi connectivity index (χ1n) is 8.24. The van der Waals surface area contributed by atoms with Crippen LogP contribution in [0.5, 0.6) is 0 Å². The zero-order valence-corrected chi connectivity index (χ0v) is 16.5. The number of nitrogens with zero attached hydrogens (tertiary/aromatic N) is 2. The van der Waals surface area contributed by atoms with Gasteiger partial charge in [0, 0.05) is 15.7 Å². The molecule has 1 fully saturated rings. The van der Waals surface area contributed by atoms with E-state index in [0.29, 0.717) is 32.5 Å². The minimum Gasteiger partial charge on any atom is -0.325 e. The van der Waals surface area contributed by atoms with Crippen molar-refractivity contribution in [2.24, 2.45) is 16.9 Å². The molecule has 7 nitrogen and oxygen atoms in total. The molecule has 2 aromatic carbocycles. The van der Waals surface area contributed by atoms with Crippen LogP contribution in [-0.2, 0) is 14.4 Å². The quantitative estimate of drug-likeness (QED) is 0.345. The minimum atomic E-state index is -1.46. The van der Waals surface area contributed by atoms with Gasteiger partial charge in [-0.25, -0.2) is 4.90 Å². The van der Waals surface area contributed by atoms with E-state index >= 15 is 0 Å². The molecule has 1 unspecified atom stereocenters. The lowest BCUT2D eigenvalue weighted by molar-refractivity contribution is -0.127. The molecule has 0 saturated carbocycles. The highest BCUT2D eigenvalue weighted by Gasteiger charge is 2.50. The normalized spacial score (nSPS) is 18.1. The molecule has 2 aromatic rings. The number of rotatable bonds is 3. The number of benzene rings is 2. The highest BCUT2D eigenvalue weighted by Crippen LogP contribution is 2.30. The zero-order valence-electron chi connectivity index (χ0n) is 15.0. The maximum absolute atomic E-state index is 12.9. The molecule has 28 heavy (non-hydrogen) atoms. The van der Waals surface area contributed by atoms with E-state index in [0.717, 1.165) is 4.90 Å². The summed E-state index contributed by atoms with van der Waals surface area (Å²) in [5.74, 6) is 1.69. The first kappa shape index (κ1) is 19.9. The lowest BCUT2D eigenvalue weighted by Crippen LogP contribution is -2.35. The van der Waals surface area contributed by atoms with E-state index in [9.17, 15) is 14.4 Å². The van der Waals surface area contributed by atoms with Crippen LogP contribution in [0.25, 0.3) is 0 Å². The van der Waals surface area contributed by atoms with Crippen LogP contribution in [0, 0.1) is 19.8 Å². The Morgan fingerprint density at radius 1 is 1.07 bits per heavy atom. The Labute approximate surface area is 171 Å². The summed E-state index contributed by atoms with van der Waals surface area (Å²) in [6, 6.07) is 9.57. The van der Waals surface area contributed by atoms with E-state index in [1.807, 2.05) is 0 Å². The molecule has 0 radical (unpaired) electrons. The summed E-state index contributed by atoms with van der Waals surface area (Å²) in [7, 11) is 0. The number of nitrogens with two attached hydrogens (primary N) is 1. The molecule has 3 rings (SSSR count). The number of hydrogen-bond donors (Lipinski definition) is 2. The van der Waals surface area contributed by atoms with Crippen molar-refractivity contribution in [3.05, 3.63) is 57.6 Å². The number of hydrazone groups is 1. The Morgan fingerprint density at radius 3 is 2.25 bits per heavy atom. The van der Waals surface area contributed by atoms with Crippen LogP contribution in [0.2, 0.25) is 10.0 Å². The Balaban J connectivity index is 1.95. The SMILES string of the molecule is Cc1cc(Cl)ccc1NC(=O)C1C(=O)N(c2ccc(Cl)cc2C)C(=O)/C1=N\N. The van der Waals surface area contributed by atoms with Gasteiger partial charge in [0.15, 0.2) is 5.92 Å². The van der Waals surface area contributed by atoms with Gasteiger partial charge in [-0.05, 0) is 61.4 Å². The number of aryl methyl sites for hydroxylation is 2. The second-order valence-corrected chi connectivity index (χ2v) is 7.18. The van der Waals surface area contributed by atoms with Crippen molar-refractivity contribution in [3.8, 4) is 0 Å². The monoisotopic (exact) mass is 418 g/mol. The van der Waals surface area contributed by atoms with Crippen molar-refractivity contribution >= 4 is 58.0 Å². The second-order valence-electron chi connectivity index (χ2n) is 6.31. The minimum absolute atomic E-state index is 0.318. The fraction of sp³-hybridized carbons (Fsp3) is 0.158. The van der Waals surface area contributed by atoms with Gasteiger partial charge >= 0.3 is 0 Å². The van der Waals surface area contributed by atoms with E-state index in [2.05, 4.69) is 10.4 Å². The molecule has 1 heterocycles. The smallest absolute Gasteiger partial charge is 0.282 e. The molecule has 1 atom stereocenters. The number of amides is 3. The van der Waals surface area contributed by atoms with Gasteiger partial charge in [-0.1, -0.05) is 23.2 Å². The van der Waals surface area contributed by atoms with Crippen LogP contribution in [0.1, 0.15) is 11.1 Å². The third-order valence-corrected chi connectivity index (χ3v) is 4.88. The number of imide groups is 1. The zero-order chi connectivity index (χ0) is 20.6. The highest BCUT2D eigenvalue weighted by atomic mass is 35.5. The van der Waals surface area contributed by atoms with Gasteiger partial charge in [-0.15, -0.1) is 0 Å². The number of carbonyl (C=O) groups excluding carboxylic acids is 3. The molecule has 1 aliphatic rings. The largest absolute Gasteiger partial charge is 0.325 e. The number of carbonyl (C=O) groups is 3. The summed E-state index contributed by atoms with van der Waals surface area (Å²) >= 11 is 11.9. The molecular weight excluding hydrogens is 403 g/mol. The molecule has 0 spiro atoms. The highest BCUT2D eigenvalue weighted by molar-refractivity contribution is 6.61. The van der Waals surface area contributed by atoms with Crippen molar-refractivity contribution in [2.45, 2.75) is 13.8 Å². The van der Waals surface area contributed by atoms with Crippen LogP contribution in [0.3, 0.4) is 0 Å². The topological polar surface area (TPSA) is 105 Å². The van der Waals surface area contributed by atoms with Crippen LogP contribution in [0.15, 0.2) is 41.5 Å². The maximum Gasteiger partial charge on any atom is 0.282 e. The van der Waals surface area contributed by atoms with Gasteiger partial charge in [0.25, 0.3) is 11.8 Å². The lowest BCUT2D eigenvalue weighted by Gasteiger charge is -2.17. The van der Waals surface area contributed by atoms with Crippen LogP contribution >= 0.6 is 23.2 Å². The van der Waals surface area contributed by atoms with Gasteiger partial charge in [0.2, 0.25) is 5.91 Å². The van der Waals surface area contributed by atoms with Crippen molar-refractivity contribution in [1.29, 1.82) is 0 Å². The average Bonchev–Trinajstić information content (AvgIpc) is 2.88. The van der Waals surface area contributed by atoms with Gasteiger partial charge in [-0.3, -0.25) is 14.4 Å². The van der Waals surface area contributed by atoms with Gasteiger partial charge in [-0.2, -0.15) is 5.10 Å². The Morgan fingerprint density at radius 2 is 1.68 bits per heavy atom. The number of halogens is 2. The fourth-order valence-corrected chi connectivity index (χ4v) is 3.47. The third-order valence-electron chi connectivity index (χ3n) is 4.41. The molecule has 1 aliphatic heterocycles. The predicted molar refractivity (Wildman–Crippen MR) is 109 cm³/mol. The summed E-state index contributed by atoms with van der Waals surface area (Å²) in [6.07, 6.45) is 0. The lowest BCUT2D eigenvalue weighted by atomic mass is 10.0. The number of anilines is 2. The summed E-state index contributed by atoms with van der Waals surface area (Å²) in [6.45, 7) is 3.45. The molecular formula is C19H16Cl2N4O3. The summed E-state index contributed by atoms with van der Waals surface area (Å²) < 4.78 is 0. The number of hydrogen-bond acceptors (Lipinski definition) is 5. The summed E-state index contributed by atoms with van der Waals surface area (Å²) in [5.41, 5.74) is 1.75. The summed E-state index contributed by atoms with van der Waals surface area (Å²) in [5, 5.41) is 7.02. The average molecular weight is 419 g/mol. The molecule has 9 heteroatoms. The van der Waals surface area contributed by atoms with E-state index in [-0.39, 0.29) is 5.71 Å². The van der Waals surface area contributed by atoms with Crippen LogP contribution in [-0.4, -0.2) is 23.4 Å². The Hall–Kier alpha value is -2.90. The molecule has 3 N–H and O–H groups in total. The van der Waals surface area contributed by atoms with Crippen molar-refractivity contribution in [2.75, 3.05) is 10.2 Å². The maximum atomic E-state index is 12.9. The van der Waals surface area contributed by atoms with E-state index in [1.165, 1.54) is 6.07 Å². The van der Waals surface area contributed by atoms with Crippen molar-refractivity contribution in [3.63, 3.8) is 0 Å². The predicted octanol–water partition coefficient (Wildman–Crippen LogP) is 3.05. The molecule has 3 amide bonds. The number of nitrogens with one attached hydrogen (secondary N) is 1. The fourth-order valence-electron chi connectivity index (χ4n) is 3.02.